The third kappa shape index (κ3) is 3.80. The number of hydrogen-bond donors (Lipinski definition) is 0. The summed E-state index contributed by atoms with van der Waals surface area (Å²) in [5.74, 6) is 0.135. The van der Waals surface area contributed by atoms with Crippen LogP contribution < -0.4 is 0 Å². The number of rotatable bonds is 6. The summed E-state index contributed by atoms with van der Waals surface area (Å²) in [6, 6.07) is 6.70. The number of amides is 3. The maximum Gasteiger partial charge on any atom is 0.262 e. The molecular formula is C21H25N5O3. The predicted molar refractivity (Wildman–Crippen MR) is 106 cm³/mol. The average Bonchev–Trinajstić information content (AvgIpc) is 3.31. The third-order valence-electron chi connectivity index (χ3n) is 5.67. The van der Waals surface area contributed by atoms with Gasteiger partial charge in [-0.05, 0) is 12.1 Å². The molecule has 29 heavy (non-hydrogen) atoms. The van der Waals surface area contributed by atoms with E-state index in [4.69, 9.17) is 0 Å². The maximum absolute atomic E-state index is 12.7. The van der Waals surface area contributed by atoms with E-state index in [9.17, 15) is 14.4 Å². The molecule has 0 bridgehead atoms. The Morgan fingerprint density at radius 1 is 1.00 bits per heavy atom. The number of aromatic nitrogens is 2. The molecule has 2 aliphatic rings. The minimum atomic E-state index is -0.385. The Morgan fingerprint density at radius 2 is 1.66 bits per heavy atom. The number of imide groups is 1. The minimum Gasteiger partial charge on any atom is -0.339 e. The van der Waals surface area contributed by atoms with E-state index in [1.807, 2.05) is 12.4 Å². The predicted octanol–water partition coefficient (Wildman–Crippen LogP) is 0.886. The van der Waals surface area contributed by atoms with E-state index in [0.717, 1.165) is 43.3 Å². The molecule has 3 amide bonds. The highest BCUT2D eigenvalue weighted by Gasteiger charge is 2.37. The number of fused-ring (bicyclic) bond motifs is 1. The summed E-state index contributed by atoms with van der Waals surface area (Å²) in [4.78, 5) is 47.0. The lowest BCUT2D eigenvalue weighted by Crippen LogP contribution is -2.52. The fraction of sp³-hybridized carbons (Fsp3) is 0.429. The van der Waals surface area contributed by atoms with Gasteiger partial charge in [0.25, 0.3) is 11.8 Å². The minimum absolute atomic E-state index is 0.179. The lowest BCUT2D eigenvalue weighted by atomic mass is 10.1. The second kappa shape index (κ2) is 8.16. The highest BCUT2D eigenvalue weighted by Crippen LogP contribution is 2.22. The van der Waals surface area contributed by atoms with Crippen LogP contribution in [0, 0.1) is 0 Å². The Balaban J connectivity index is 1.28. The number of hydrogen-bond acceptors (Lipinski definition) is 5. The Morgan fingerprint density at radius 3 is 2.28 bits per heavy atom. The van der Waals surface area contributed by atoms with Gasteiger partial charge in [-0.1, -0.05) is 19.1 Å². The van der Waals surface area contributed by atoms with E-state index < -0.39 is 0 Å². The first-order valence-corrected chi connectivity index (χ1v) is 10.0. The van der Waals surface area contributed by atoms with Crippen molar-refractivity contribution in [2.24, 2.45) is 0 Å². The second-order valence-corrected chi connectivity index (χ2v) is 7.35. The van der Waals surface area contributed by atoms with Gasteiger partial charge in [-0.15, -0.1) is 0 Å². The zero-order valence-corrected chi connectivity index (χ0v) is 16.6. The lowest BCUT2D eigenvalue weighted by Gasteiger charge is -2.35. The molecule has 1 aromatic heterocycles. The fourth-order valence-corrected chi connectivity index (χ4v) is 3.95. The van der Waals surface area contributed by atoms with E-state index >= 15 is 0 Å². The maximum atomic E-state index is 12.7. The second-order valence-electron chi connectivity index (χ2n) is 7.35. The molecule has 0 saturated carbocycles. The van der Waals surface area contributed by atoms with Crippen LogP contribution >= 0.6 is 0 Å². The number of imidazole rings is 1. The van der Waals surface area contributed by atoms with E-state index in [-0.39, 0.29) is 24.3 Å². The number of benzene rings is 1. The summed E-state index contributed by atoms with van der Waals surface area (Å²) in [6.07, 6.45) is 4.74. The topological polar surface area (TPSA) is 78.8 Å². The molecule has 4 rings (SSSR count). The van der Waals surface area contributed by atoms with E-state index in [0.29, 0.717) is 24.2 Å². The summed E-state index contributed by atoms with van der Waals surface area (Å²) >= 11 is 0. The van der Waals surface area contributed by atoms with Crippen molar-refractivity contribution in [3.05, 3.63) is 53.6 Å². The summed E-state index contributed by atoms with van der Waals surface area (Å²) in [5, 5.41) is 0. The van der Waals surface area contributed by atoms with Gasteiger partial charge in [0.15, 0.2) is 0 Å². The summed E-state index contributed by atoms with van der Waals surface area (Å²) in [6.45, 7) is 6.46. The van der Waals surface area contributed by atoms with Crippen molar-refractivity contribution in [2.75, 3.05) is 39.3 Å². The monoisotopic (exact) mass is 395 g/mol. The molecule has 0 atom stereocenters. The number of carbonyl (C=O) groups excluding carboxylic acids is 3. The Kier molecular flexibility index (Phi) is 5.44. The summed E-state index contributed by atoms with van der Waals surface area (Å²) in [5.41, 5.74) is 0.752. The van der Waals surface area contributed by atoms with Gasteiger partial charge in [-0.3, -0.25) is 24.2 Å². The number of carbonyl (C=O) groups is 3. The fourth-order valence-electron chi connectivity index (χ4n) is 3.95. The highest BCUT2D eigenvalue weighted by molar-refractivity contribution is 6.22. The number of nitrogens with zero attached hydrogens (tertiary/aromatic N) is 5. The molecule has 1 saturated heterocycles. The smallest absolute Gasteiger partial charge is 0.262 e. The van der Waals surface area contributed by atoms with Crippen LogP contribution in [0.25, 0.3) is 0 Å². The Labute approximate surface area is 169 Å². The van der Waals surface area contributed by atoms with Crippen LogP contribution in [0.4, 0.5) is 0 Å². The first kappa shape index (κ1) is 19.3. The zero-order valence-electron chi connectivity index (χ0n) is 16.6. The van der Waals surface area contributed by atoms with Gasteiger partial charge in [-0.2, -0.15) is 0 Å². The van der Waals surface area contributed by atoms with Crippen LogP contribution in [0.5, 0.6) is 0 Å². The quantitative estimate of drug-likeness (QED) is 0.679. The molecule has 8 heteroatoms. The average molecular weight is 395 g/mol. The van der Waals surface area contributed by atoms with Crippen LogP contribution in [0.15, 0.2) is 36.7 Å². The van der Waals surface area contributed by atoms with Gasteiger partial charge >= 0.3 is 0 Å². The molecule has 1 fully saturated rings. The van der Waals surface area contributed by atoms with Crippen molar-refractivity contribution in [1.82, 2.24) is 24.3 Å². The number of piperazine rings is 1. The van der Waals surface area contributed by atoms with Gasteiger partial charge in [0.1, 0.15) is 12.4 Å². The van der Waals surface area contributed by atoms with E-state index in [1.165, 1.54) is 0 Å². The molecule has 0 N–H and O–H groups in total. The van der Waals surface area contributed by atoms with Crippen molar-refractivity contribution < 1.29 is 14.4 Å². The van der Waals surface area contributed by atoms with Crippen LogP contribution in [-0.2, 0) is 17.8 Å². The van der Waals surface area contributed by atoms with Crippen molar-refractivity contribution in [1.29, 1.82) is 0 Å². The number of aryl methyl sites for hydroxylation is 1. The summed E-state index contributed by atoms with van der Waals surface area (Å²) < 4.78 is 2.17. The van der Waals surface area contributed by atoms with Gasteiger partial charge in [0.2, 0.25) is 5.91 Å². The first-order chi connectivity index (χ1) is 14.1. The normalized spacial score (nSPS) is 17.1. The molecular weight excluding hydrogens is 370 g/mol. The molecule has 0 spiro atoms. The molecule has 2 aliphatic heterocycles. The van der Waals surface area contributed by atoms with Crippen LogP contribution in [0.2, 0.25) is 0 Å². The highest BCUT2D eigenvalue weighted by atomic mass is 16.2. The van der Waals surface area contributed by atoms with Crippen molar-refractivity contribution in [3.63, 3.8) is 0 Å². The molecule has 0 unspecified atom stereocenters. The Bertz CT molecular complexity index is 895. The van der Waals surface area contributed by atoms with Gasteiger partial charge in [-0.25, -0.2) is 4.98 Å². The van der Waals surface area contributed by atoms with Crippen molar-refractivity contribution in [3.8, 4) is 0 Å². The summed E-state index contributed by atoms with van der Waals surface area (Å²) in [7, 11) is 0. The van der Waals surface area contributed by atoms with Gasteiger partial charge in [0, 0.05) is 58.1 Å². The molecule has 1 aromatic carbocycles. The van der Waals surface area contributed by atoms with Crippen molar-refractivity contribution in [2.45, 2.75) is 19.9 Å². The lowest BCUT2D eigenvalue weighted by molar-refractivity contribution is -0.133. The van der Waals surface area contributed by atoms with Crippen molar-refractivity contribution >= 4 is 17.7 Å². The molecule has 3 heterocycles. The largest absolute Gasteiger partial charge is 0.339 e. The SMILES string of the molecule is CCc1nccn1CCN1CCN(C(=O)CN2C(=O)c3ccccc3C2=O)CC1. The first-order valence-electron chi connectivity index (χ1n) is 10.0. The standard InChI is InChI=1S/C21H25N5O3/c1-2-18-22-7-8-24(18)12-9-23-10-13-25(14-11-23)19(27)15-26-20(28)16-5-3-4-6-17(16)21(26)29/h3-8H,2,9-15H2,1H3. The molecule has 2 aromatic rings. The molecule has 152 valence electrons. The van der Waals surface area contributed by atoms with Crippen LogP contribution in [-0.4, -0.2) is 81.2 Å². The van der Waals surface area contributed by atoms with E-state index in [1.54, 1.807) is 29.2 Å². The molecule has 0 radical (unpaired) electrons. The van der Waals surface area contributed by atoms with Crippen LogP contribution in [0.1, 0.15) is 33.5 Å². The zero-order chi connectivity index (χ0) is 20.4. The molecule has 8 nitrogen and oxygen atoms in total. The van der Waals surface area contributed by atoms with E-state index in [2.05, 4.69) is 21.4 Å². The van der Waals surface area contributed by atoms with Gasteiger partial charge in [0.05, 0.1) is 11.1 Å². The van der Waals surface area contributed by atoms with Crippen LogP contribution in [0.3, 0.4) is 0 Å². The van der Waals surface area contributed by atoms with Gasteiger partial charge < -0.3 is 9.47 Å². The third-order valence-corrected chi connectivity index (χ3v) is 5.67. The Hall–Kier alpha value is -3.00. The molecule has 0 aliphatic carbocycles.